The zero-order chi connectivity index (χ0) is 18.7. The van der Waals surface area contributed by atoms with Gasteiger partial charge in [0.2, 0.25) is 0 Å². The van der Waals surface area contributed by atoms with Gasteiger partial charge in [0.1, 0.15) is 11.5 Å². The van der Waals surface area contributed by atoms with Crippen molar-refractivity contribution in [2.45, 2.75) is 19.4 Å². The fourth-order valence-electron chi connectivity index (χ4n) is 3.15. The highest BCUT2D eigenvalue weighted by Gasteiger charge is 2.45. The van der Waals surface area contributed by atoms with E-state index in [-0.39, 0.29) is 11.3 Å². The third-order valence-electron chi connectivity index (χ3n) is 4.39. The Kier molecular flexibility index (Phi) is 5.02. The van der Waals surface area contributed by atoms with Gasteiger partial charge in [-0.2, -0.15) is 0 Å². The number of ether oxygens (including phenoxy) is 1. The molecule has 0 saturated carbocycles. The first-order valence-electron chi connectivity index (χ1n) is 8.41. The second-order valence-electron chi connectivity index (χ2n) is 6.00. The van der Waals surface area contributed by atoms with Crippen molar-refractivity contribution in [2.75, 3.05) is 13.7 Å². The predicted octanol–water partition coefficient (Wildman–Crippen LogP) is 2.92. The molecule has 0 bridgehead atoms. The minimum Gasteiger partial charge on any atom is -0.507 e. The molecule has 6 nitrogen and oxygen atoms in total. The standard InChI is InChI=1S/C20H20N2O4/c1-3-12-22-17(13-8-10-21-11-9-13)16(19(24)20(22)25)18(23)14-4-6-15(26-2)7-5-14/h4-11,17,23H,3,12H2,1-2H3/b18-16-. The lowest BCUT2D eigenvalue weighted by Crippen LogP contribution is -2.30. The van der Waals surface area contributed by atoms with Crippen molar-refractivity contribution in [1.82, 2.24) is 9.88 Å². The number of hydrogen-bond acceptors (Lipinski definition) is 5. The molecule has 1 N–H and O–H groups in total. The molecule has 0 radical (unpaired) electrons. The van der Waals surface area contributed by atoms with Gasteiger partial charge in [0, 0.05) is 24.5 Å². The van der Waals surface area contributed by atoms with Gasteiger partial charge in [0.25, 0.3) is 11.7 Å². The maximum absolute atomic E-state index is 12.7. The second kappa shape index (κ2) is 7.39. The Morgan fingerprint density at radius 3 is 2.38 bits per heavy atom. The van der Waals surface area contributed by atoms with Crippen LogP contribution in [0.25, 0.3) is 5.76 Å². The molecule has 1 unspecified atom stereocenters. The van der Waals surface area contributed by atoms with E-state index >= 15 is 0 Å². The van der Waals surface area contributed by atoms with E-state index in [0.29, 0.717) is 24.3 Å². The Morgan fingerprint density at radius 2 is 1.81 bits per heavy atom. The van der Waals surface area contributed by atoms with Crippen molar-refractivity contribution in [3.8, 4) is 5.75 Å². The van der Waals surface area contributed by atoms with Crippen LogP contribution in [0.3, 0.4) is 0 Å². The predicted molar refractivity (Wildman–Crippen MR) is 96.5 cm³/mol. The number of aliphatic hydroxyl groups excluding tert-OH is 1. The number of benzene rings is 1. The van der Waals surface area contributed by atoms with Gasteiger partial charge in [-0.15, -0.1) is 0 Å². The van der Waals surface area contributed by atoms with Gasteiger partial charge >= 0.3 is 0 Å². The minimum absolute atomic E-state index is 0.0971. The van der Waals surface area contributed by atoms with Crippen LogP contribution in [0.5, 0.6) is 5.75 Å². The van der Waals surface area contributed by atoms with Crippen LogP contribution < -0.4 is 4.74 Å². The molecule has 3 rings (SSSR count). The van der Waals surface area contributed by atoms with E-state index in [4.69, 9.17) is 4.74 Å². The largest absolute Gasteiger partial charge is 0.507 e. The molecule has 1 amide bonds. The fourth-order valence-corrected chi connectivity index (χ4v) is 3.15. The molecule has 1 atom stereocenters. The first-order valence-corrected chi connectivity index (χ1v) is 8.41. The molecule has 6 heteroatoms. The van der Waals surface area contributed by atoms with E-state index in [0.717, 1.165) is 5.56 Å². The van der Waals surface area contributed by atoms with E-state index < -0.39 is 17.7 Å². The zero-order valence-electron chi connectivity index (χ0n) is 14.7. The molecule has 134 valence electrons. The number of likely N-dealkylation sites (tertiary alicyclic amines) is 1. The van der Waals surface area contributed by atoms with Crippen molar-refractivity contribution >= 4 is 17.4 Å². The van der Waals surface area contributed by atoms with Crippen LogP contribution in [0.4, 0.5) is 0 Å². The van der Waals surface area contributed by atoms with E-state index in [9.17, 15) is 14.7 Å². The van der Waals surface area contributed by atoms with Gasteiger partial charge in [0.05, 0.1) is 18.7 Å². The first-order chi connectivity index (χ1) is 12.6. The van der Waals surface area contributed by atoms with Crippen LogP contribution in [0.1, 0.15) is 30.5 Å². The molecule has 1 fully saturated rings. The number of aliphatic hydroxyl groups is 1. The number of hydrogen-bond donors (Lipinski definition) is 1. The summed E-state index contributed by atoms with van der Waals surface area (Å²) in [5.41, 5.74) is 1.29. The number of pyridine rings is 1. The molecule has 1 saturated heterocycles. The van der Waals surface area contributed by atoms with Gasteiger partial charge in [-0.3, -0.25) is 14.6 Å². The Morgan fingerprint density at radius 1 is 1.15 bits per heavy atom. The summed E-state index contributed by atoms with van der Waals surface area (Å²) in [7, 11) is 1.55. The average molecular weight is 352 g/mol. The first kappa shape index (κ1) is 17.7. The molecule has 26 heavy (non-hydrogen) atoms. The molecule has 1 aliphatic heterocycles. The normalized spacial score (nSPS) is 19.0. The summed E-state index contributed by atoms with van der Waals surface area (Å²) in [6.45, 7) is 2.36. The van der Waals surface area contributed by atoms with E-state index in [2.05, 4.69) is 4.98 Å². The number of carbonyl (C=O) groups is 2. The molecular formula is C20H20N2O4. The number of rotatable bonds is 5. The van der Waals surface area contributed by atoms with E-state index in [1.54, 1.807) is 55.9 Å². The summed E-state index contributed by atoms with van der Waals surface area (Å²) in [5.74, 6) is -0.817. The lowest BCUT2D eigenvalue weighted by Gasteiger charge is -2.24. The highest BCUT2D eigenvalue weighted by atomic mass is 16.5. The fraction of sp³-hybridized carbons (Fsp3) is 0.250. The summed E-state index contributed by atoms with van der Waals surface area (Å²) in [6, 6.07) is 9.58. The SMILES string of the molecule is CCCN1C(=O)C(=O)/C(=C(\O)c2ccc(OC)cc2)C1c1ccncc1. The Bertz CT molecular complexity index is 844. The van der Waals surface area contributed by atoms with Crippen LogP contribution in [0.2, 0.25) is 0 Å². The van der Waals surface area contributed by atoms with Gasteiger partial charge in [0.15, 0.2) is 0 Å². The highest BCUT2D eigenvalue weighted by Crippen LogP contribution is 2.39. The van der Waals surface area contributed by atoms with Crippen LogP contribution >= 0.6 is 0 Å². The number of Topliss-reactive ketones (excluding diaryl/α,β-unsaturated/α-hetero) is 1. The summed E-state index contributed by atoms with van der Waals surface area (Å²) >= 11 is 0. The Hall–Kier alpha value is -3.15. The summed E-state index contributed by atoms with van der Waals surface area (Å²) in [6.07, 6.45) is 3.92. The smallest absolute Gasteiger partial charge is 0.295 e. The molecule has 2 aromatic rings. The van der Waals surface area contributed by atoms with Crippen LogP contribution in [-0.2, 0) is 9.59 Å². The topological polar surface area (TPSA) is 79.7 Å². The van der Waals surface area contributed by atoms with Crippen LogP contribution in [0.15, 0.2) is 54.4 Å². The third-order valence-corrected chi connectivity index (χ3v) is 4.39. The van der Waals surface area contributed by atoms with Crippen LogP contribution in [0, 0.1) is 0 Å². The molecule has 0 spiro atoms. The quantitative estimate of drug-likeness (QED) is 0.508. The number of nitrogens with zero attached hydrogens (tertiary/aromatic N) is 2. The molecule has 1 aromatic heterocycles. The van der Waals surface area contributed by atoms with Gasteiger partial charge in [-0.1, -0.05) is 6.92 Å². The average Bonchev–Trinajstić information content (AvgIpc) is 2.93. The Balaban J connectivity index is 2.14. The zero-order valence-corrected chi connectivity index (χ0v) is 14.7. The highest BCUT2D eigenvalue weighted by molar-refractivity contribution is 6.46. The lowest BCUT2D eigenvalue weighted by atomic mass is 9.96. The molecular weight excluding hydrogens is 332 g/mol. The van der Waals surface area contributed by atoms with Crippen molar-refractivity contribution in [3.05, 3.63) is 65.5 Å². The van der Waals surface area contributed by atoms with Crippen molar-refractivity contribution in [2.24, 2.45) is 0 Å². The van der Waals surface area contributed by atoms with Crippen molar-refractivity contribution < 1.29 is 19.4 Å². The maximum atomic E-state index is 12.7. The maximum Gasteiger partial charge on any atom is 0.295 e. The number of amides is 1. The van der Waals surface area contributed by atoms with Crippen LogP contribution in [-0.4, -0.2) is 40.3 Å². The second-order valence-corrected chi connectivity index (χ2v) is 6.00. The van der Waals surface area contributed by atoms with Gasteiger partial charge < -0.3 is 14.7 Å². The van der Waals surface area contributed by atoms with E-state index in [1.807, 2.05) is 6.92 Å². The number of methoxy groups -OCH3 is 1. The van der Waals surface area contributed by atoms with Crippen molar-refractivity contribution in [3.63, 3.8) is 0 Å². The third kappa shape index (κ3) is 3.06. The summed E-state index contributed by atoms with van der Waals surface area (Å²) in [5, 5.41) is 10.8. The Labute approximate surface area is 151 Å². The summed E-state index contributed by atoms with van der Waals surface area (Å²) < 4.78 is 5.12. The number of aromatic nitrogens is 1. The molecule has 1 aromatic carbocycles. The van der Waals surface area contributed by atoms with E-state index in [1.165, 1.54) is 4.90 Å². The number of ketones is 1. The van der Waals surface area contributed by atoms with Crippen molar-refractivity contribution in [1.29, 1.82) is 0 Å². The van der Waals surface area contributed by atoms with Gasteiger partial charge in [-0.25, -0.2) is 0 Å². The monoisotopic (exact) mass is 352 g/mol. The molecule has 1 aliphatic rings. The number of carbonyl (C=O) groups excluding carboxylic acids is 2. The molecule has 2 heterocycles. The minimum atomic E-state index is -0.673. The van der Waals surface area contributed by atoms with Gasteiger partial charge in [-0.05, 0) is 48.4 Å². The summed E-state index contributed by atoms with van der Waals surface area (Å²) in [4.78, 5) is 30.7. The molecule has 0 aliphatic carbocycles. The lowest BCUT2D eigenvalue weighted by molar-refractivity contribution is -0.139.